The van der Waals surface area contributed by atoms with E-state index in [1.54, 1.807) is 13.8 Å². The number of aryl methyl sites for hydroxylation is 2. The molecule has 0 aliphatic heterocycles. The van der Waals surface area contributed by atoms with Gasteiger partial charge in [0.1, 0.15) is 11.3 Å². The second-order valence-corrected chi connectivity index (χ2v) is 5.71. The van der Waals surface area contributed by atoms with Gasteiger partial charge in [0, 0.05) is 6.04 Å². The van der Waals surface area contributed by atoms with Crippen molar-refractivity contribution < 1.29 is 18.8 Å². The van der Waals surface area contributed by atoms with Crippen LogP contribution in [0.1, 0.15) is 54.4 Å². The normalized spacial score (nSPS) is 21.9. The van der Waals surface area contributed by atoms with Gasteiger partial charge in [-0.2, -0.15) is 0 Å². The fourth-order valence-electron chi connectivity index (χ4n) is 2.76. The third-order valence-corrected chi connectivity index (χ3v) is 4.03. The molecule has 1 N–H and O–H groups in total. The van der Waals surface area contributed by atoms with E-state index in [1.165, 1.54) is 6.42 Å². The lowest BCUT2D eigenvalue weighted by Crippen LogP contribution is -2.42. The van der Waals surface area contributed by atoms with Crippen LogP contribution in [0.4, 0.5) is 0 Å². The summed E-state index contributed by atoms with van der Waals surface area (Å²) in [6.07, 6.45) is 4.47. The Kier molecular flexibility index (Phi) is 4.98. The number of carbonyl (C=O) groups is 2. The topological polar surface area (TPSA) is 81.4 Å². The fraction of sp³-hybridized carbons (Fsp3) is 0.667. The molecule has 1 fully saturated rings. The largest absolute Gasteiger partial charge is 0.452 e. The lowest BCUT2D eigenvalue weighted by Gasteiger charge is -2.29. The van der Waals surface area contributed by atoms with Gasteiger partial charge in [0.25, 0.3) is 5.91 Å². The monoisotopic (exact) mass is 294 g/mol. The summed E-state index contributed by atoms with van der Waals surface area (Å²) in [6, 6.07) is 0.184. The van der Waals surface area contributed by atoms with E-state index in [9.17, 15) is 9.59 Å². The molecule has 0 bridgehead atoms. The first-order valence-electron chi connectivity index (χ1n) is 7.38. The highest BCUT2D eigenvalue weighted by Crippen LogP contribution is 2.23. The number of nitrogens with zero attached hydrogens (tertiary/aromatic N) is 1. The summed E-state index contributed by atoms with van der Waals surface area (Å²) in [5.74, 6) is 0.0479. The molecule has 0 radical (unpaired) electrons. The number of esters is 1. The number of hydrogen-bond donors (Lipinski definition) is 1. The molecule has 1 amide bonds. The van der Waals surface area contributed by atoms with Gasteiger partial charge < -0.3 is 14.6 Å². The number of rotatable bonds is 4. The van der Waals surface area contributed by atoms with Crippen molar-refractivity contribution in [2.24, 2.45) is 5.92 Å². The first kappa shape index (κ1) is 15.5. The zero-order chi connectivity index (χ0) is 15.4. The Morgan fingerprint density at radius 1 is 1.33 bits per heavy atom. The average molecular weight is 294 g/mol. The lowest BCUT2D eigenvalue weighted by molar-refractivity contribution is -0.125. The van der Waals surface area contributed by atoms with Crippen LogP contribution in [0, 0.1) is 19.8 Å². The summed E-state index contributed by atoms with van der Waals surface area (Å²) in [7, 11) is 0. The molecule has 116 valence electrons. The van der Waals surface area contributed by atoms with Crippen LogP contribution in [-0.4, -0.2) is 29.7 Å². The van der Waals surface area contributed by atoms with E-state index in [2.05, 4.69) is 17.4 Å². The van der Waals surface area contributed by atoms with Gasteiger partial charge in [-0.3, -0.25) is 4.79 Å². The van der Waals surface area contributed by atoms with Gasteiger partial charge in [0.2, 0.25) is 0 Å². The second kappa shape index (κ2) is 6.74. The van der Waals surface area contributed by atoms with E-state index in [-0.39, 0.29) is 18.6 Å². The molecule has 0 aromatic carbocycles. The highest BCUT2D eigenvalue weighted by molar-refractivity contribution is 5.93. The van der Waals surface area contributed by atoms with Crippen molar-refractivity contribution in [2.75, 3.05) is 6.61 Å². The summed E-state index contributed by atoms with van der Waals surface area (Å²) in [5, 5.41) is 6.63. The van der Waals surface area contributed by atoms with Crippen molar-refractivity contribution in [2.45, 2.75) is 52.5 Å². The predicted molar refractivity (Wildman–Crippen MR) is 75.8 cm³/mol. The van der Waals surface area contributed by atoms with Crippen LogP contribution in [0.15, 0.2) is 4.52 Å². The molecule has 1 aromatic heterocycles. The maximum Gasteiger partial charge on any atom is 0.344 e. The summed E-state index contributed by atoms with van der Waals surface area (Å²) < 4.78 is 9.94. The third kappa shape index (κ3) is 3.83. The maximum atomic E-state index is 11.9. The van der Waals surface area contributed by atoms with E-state index >= 15 is 0 Å². The Bertz CT molecular complexity index is 504. The van der Waals surface area contributed by atoms with Gasteiger partial charge >= 0.3 is 5.97 Å². The van der Waals surface area contributed by atoms with Crippen molar-refractivity contribution in [3.05, 3.63) is 17.0 Å². The highest BCUT2D eigenvalue weighted by atomic mass is 16.5. The molecule has 0 saturated heterocycles. The smallest absolute Gasteiger partial charge is 0.344 e. The minimum absolute atomic E-state index is 0.184. The van der Waals surface area contributed by atoms with Crippen LogP contribution in [0.5, 0.6) is 0 Å². The van der Waals surface area contributed by atoms with Crippen LogP contribution in [0.25, 0.3) is 0 Å². The van der Waals surface area contributed by atoms with Crippen LogP contribution in [-0.2, 0) is 9.53 Å². The van der Waals surface area contributed by atoms with E-state index in [0.717, 1.165) is 19.3 Å². The third-order valence-electron chi connectivity index (χ3n) is 4.03. The Morgan fingerprint density at radius 3 is 2.67 bits per heavy atom. The summed E-state index contributed by atoms with van der Waals surface area (Å²) in [5.41, 5.74) is 0.771. The van der Waals surface area contributed by atoms with Crippen molar-refractivity contribution in [1.29, 1.82) is 0 Å². The minimum Gasteiger partial charge on any atom is -0.452 e. The molecule has 6 heteroatoms. The fourth-order valence-corrected chi connectivity index (χ4v) is 2.76. The lowest BCUT2D eigenvalue weighted by atomic mass is 9.86. The molecule has 1 aliphatic carbocycles. The second-order valence-electron chi connectivity index (χ2n) is 5.71. The molecule has 2 rings (SSSR count). The van der Waals surface area contributed by atoms with E-state index < -0.39 is 5.97 Å². The Balaban J connectivity index is 1.82. The van der Waals surface area contributed by atoms with Gasteiger partial charge in [-0.05, 0) is 32.6 Å². The molecule has 1 heterocycles. The van der Waals surface area contributed by atoms with Crippen molar-refractivity contribution in [3.8, 4) is 0 Å². The molecule has 2 atom stereocenters. The molecule has 0 spiro atoms. The van der Waals surface area contributed by atoms with Gasteiger partial charge in [0.15, 0.2) is 6.61 Å². The van der Waals surface area contributed by atoms with Gasteiger partial charge in [-0.1, -0.05) is 24.9 Å². The van der Waals surface area contributed by atoms with Crippen LogP contribution >= 0.6 is 0 Å². The molecular weight excluding hydrogens is 272 g/mol. The Hall–Kier alpha value is -1.85. The molecule has 0 unspecified atom stereocenters. The van der Waals surface area contributed by atoms with Crippen LogP contribution in [0.2, 0.25) is 0 Å². The van der Waals surface area contributed by atoms with Gasteiger partial charge in [-0.25, -0.2) is 4.79 Å². The van der Waals surface area contributed by atoms with Crippen molar-refractivity contribution in [1.82, 2.24) is 10.5 Å². The number of hydrogen-bond acceptors (Lipinski definition) is 5. The number of ether oxygens (including phenoxy) is 1. The van der Waals surface area contributed by atoms with Crippen LogP contribution in [0.3, 0.4) is 0 Å². The molecular formula is C15H22N2O4. The predicted octanol–water partition coefficient (Wildman–Crippen LogP) is 2.14. The average Bonchev–Trinajstić information content (AvgIpc) is 2.78. The SMILES string of the molecule is Cc1noc(C)c1C(=O)OCC(=O)N[C@H]1CCCC[C@@H]1C. The van der Waals surface area contributed by atoms with Crippen molar-refractivity contribution >= 4 is 11.9 Å². The first-order chi connectivity index (χ1) is 9.99. The van der Waals surface area contributed by atoms with Crippen LogP contribution < -0.4 is 5.32 Å². The van der Waals surface area contributed by atoms with Crippen molar-refractivity contribution in [3.63, 3.8) is 0 Å². The molecule has 1 aromatic rings. The van der Waals surface area contributed by atoms with Gasteiger partial charge in [-0.15, -0.1) is 0 Å². The molecule has 6 nitrogen and oxygen atoms in total. The Labute approximate surface area is 124 Å². The number of carbonyl (C=O) groups excluding carboxylic acids is 2. The summed E-state index contributed by atoms with van der Waals surface area (Å²) in [4.78, 5) is 23.8. The zero-order valence-electron chi connectivity index (χ0n) is 12.8. The zero-order valence-corrected chi connectivity index (χ0v) is 12.8. The highest BCUT2D eigenvalue weighted by Gasteiger charge is 2.24. The van der Waals surface area contributed by atoms with Gasteiger partial charge in [0.05, 0.1) is 5.69 Å². The molecule has 21 heavy (non-hydrogen) atoms. The first-order valence-corrected chi connectivity index (χ1v) is 7.38. The quantitative estimate of drug-likeness (QED) is 0.860. The summed E-state index contributed by atoms with van der Waals surface area (Å²) >= 11 is 0. The number of nitrogens with one attached hydrogen (secondary N) is 1. The molecule has 1 saturated carbocycles. The number of amides is 1. The van der Waals surface area contributed by atoms with E-state index in [1.807, 2.05) is 0 Å². The minimum atomic E-state index is -0.571. The Morgan fingerprint density at radius 2 is 2.05 bits per heavy atom. The summed E-state index contributed by atoms with van der Waals surface area (Å²) in [6.45, 7) is 5.17. The maximum absolute atomic E-state index is 11.9. The van der Waals surface area contributed by atoms with E-state index in [4.69, 9.17) is 9.26 Å². The molecule has 1 aliphatic rings. The van der Waals surface area contributed by atoms with E-state index in [0.29, 0.717) is 22.9 Å². The standard InChI is InChI=1S/C15H22N2O4/c1-9-6-4-5-7-12(9)16-13(18)8-20-15(19)14-10(2)17-21-11(14)3/h9,12H,4-8H2,1-3H3,(H,16,18)/t9-,12-/m0/s1. The number of aromatic nitrogens is 1.